The number of hydrogen-bond donors (Lipinski definition) is 2. The van der Waals surface area contributed by atoms with Gasteiger partial charge in [-0.05, 0) is 38.8 Å². The van der Waals surface area contributed by atoms with Crippen LogP contribution in [0.2, 0.25) is 5.02 Å². The van der Waals surface area contributed by atoms with E-state index < -0.39 is 9.84 Å². The number of halogens is 1. The molecule has 2 aliphatic heterocycles. The third-order valence-corrected chi connectivity index (χ3v) is 9.38. The molecule has 2 atom stereocenters. The number of sulfone groups is 1. The molecule has 176 valence electrons. The van der Waals surface area contributed by atoms with Crippen LogP contribution in [0.5, 0.6) is 0 Å². The molecule has 10 nitrogen and oxygen atoms in total. The fourth-order valence-electron chi connectivity index (χ4n) is 4.98. The zero-order valence-corrected chi connectivity index (χ0v) is 20.0. The molecular weight excluding hydrogens is 466 g/mol. The van der Waals surface area contributed by atoms with Gasteiger partial charge in [-0.25, -0.2) is 22.9 Å². The number of piperidine rings is 1. The van der Waals surface area contributed by atoms with Gasteiger partial charge in [-0.3, -0.25) is 0 Å². The molecule has 2 saturated heterocycles. The Kier molecular flexibility index (Phi) is 5.27. The molecule has 5 rings (SSSR count). The normalized spacial score (nSPS) is 23.0. The Labute approximate surface area is 196 Å². The van der Waals surface area contributed by atoms with Crippen LogP contribution in [0.4, 0.5) is 11.6 Å². The van der Waals surface area contributed by atoms with E-state index in [9.17, 15) is 8.42 Å². The largest absolute Gasteiger partial charge is 0.382 e. The summed E-state index contributed by atoms with van der Waals surface area (Å²) in [7, 11) is -4.06. The zero-order valence-electron chi connectivity index (χ0n) is 18.4. The molecule has 0 amide bonds. The number of nitrogen functional groups attached to an aromatic ring is 1. The quantitative estimate of drug-likeness (QED) is 0.560. The lowest BCUT2D eigenvalue weighted by Gasteiger charge is -2.41. The van der Waals surface area contributed by atoms with Gasteiger partial charge in [0.2, 0.25) is 9.84 Å². The van der Waals surface area contributed by atoms with Gasteiger partial charge >= 0.3 is 0 Å². The minimum absolute atomic E-state index is 0.00870. The number of anilines is 2. The van der Waals surface area contributed by atoms with E-state index in [2.05, 4.69) is 15.0 Å². The molecule has 12 heteroatoms. The van der Waals surface area contributed by atoms with Crippen LogP contribution in [0.15, 0.2) is 34.4 Å². The van der Waals surface area contributed by atoms with Gasteiger partial charge in [-0.1, -0.05) is 11.6 Å². The zero-order chi connectivity index (χ0) is 23.5. The van der Waals surface area contributed by atoms with Gasteiger partial charge in [-0.15, -0.1) is 0 Å². The van der Waals surface area contributed by atoms with Gasteiger partial charge in [0.1, 0.15) is 16.4 Å². The van der Waals surface area contributed by atoms with Crippen LogP contribution in [-0.4, -0.2) is 59.8 Å². The van der Waals surface area contributed by atoms with Gasteiger partial charge in [0.25, 0.3) is 0 Å². The molecule has 4 N–H and O–H groups in total. The number of aryl methyl sites for hydroxylation is 1. The summed E-state index contributed by atoms with van der Waals surface area (Å²) in [6.45, 7) is 5.84. The number of nitrogens with two attached hydrogens (primary N) is 2. The van der Waals surface area contributed by atoms with Crippen LogP contribution < -0.4 is 16.4 Å². The topological polar surface area (TPSA) is 142 Å². The Morgan fingerprint density at radius 2 is 1.97 bits per heavy atom. The van der Waals surface area contributed by atoms with Crippen molar-refractivity contribution in [2.24, 2.45) is 11.1 Å². The second-order valence-electron chi connectivity index (χ2n) is 8.86. The Bertz CT molecular complexity index is 1340. The lowest BCUT2D eigenvalue weighted by Crippen LogP contribution is -2.50. The summed E-state index contributed by atoms with van der Waals surface area (Å²) in [4.78, 5) is 10.6. The summed E-state index contributed by atoms with van der Waals surface area (Å²) in [5, 5.41) is 4.15. The minimum atomic E-state index is -4.06. The molecule has 3 aromatic rings. The van der Waals surface area contributed by atoms with Crippen molar-refractivity contribution < 1.29 is 13.2 Å². The Hall–Kier alpha value is -2.47. The summed E-state index contributed by atoms with van der Waals surface area (Å²) in [5.74, 6) is 0.641. The second kappa shape index (κ2) is 7.79. The lowest BCUT2D eigenvalue weighted by atomic mass is 9.73. The third-order valence-electron chi connectivity index (χ3n) is 6.98. The first kappa shape index (κ1) is 22.3. The van der Waals surface area contributed by atoms with Crippen LogP contribution in [0.1, 0.15) is 25.5 Å². The maximum atomic E-state index is 13.6. The van der Waals surface area contributed by atoms with Gasteiger partial charge in [-0.2, -0.15) is 5.10 Å². The number of hydrogen-bond acceptors (Lipinski definition) is 9. The first-order valence-electron chi connectivity index (χ1n) is 10.8. The van der Waals surface area contributed by atoms with E-state index in [1.807, 2.05) is 6.92 Å². The summed E-state index contributed by atoms with van der Waals surface area (Å²) >= 11 is 6.19. The number of pyridine rings is 1. The minimum Gasteiger partial charge on any atom is -0.382 e. The molecule has 1 spiro atoms. The molecule has 5 heterocycles. The molecule has 0 saturated carbocycles. The fraction of sp³-hybridized carbons (Fsp3) is 0.476. The van der Waals surface area contributed by atoms with Crippen molar-refractivity contribution in [1.29, 1.82) is 0 Å². The van der Waals surface area contributed by atoms with E-state index >= 15 is 0 Å². The van der Waals surface area contributed by atoms with Crippen molar-refractivity contribution in [3.05, 3.63) is 35.2 Å². The Morgan fingerprint density at radius 3 is 2.64 bits per heavy atom. The Morgan fingerprint density at radius 1 is 1.24 bits per heavy atom. The van der Waals surface area contributed by atoms with Crippen molar-refractivity contribution in [2.75, 3.05) is 30.3 Å². The molecule has 2 aliphatic rings. The predicted molar refractivity (Wildman–Crippen MR) is 124 cm³/mol. The molecule has 33 heavy (non-hydrogen) atoms. The van der Waals surface area contributed by atoms with E-state index in [1.165, 1.54) is 16.8 Å². The number of nitrogens with zero attached hydrogens (tertiary/aromatic N) is 5. The monoisotopic (exact) mass is 491 g/mol. The highest BCUT2D eigenvalue weighted by molar-refractivity contribution is 7.91. The van der Waals surface area contributed by atoms with Crippen LogP contribution in [0.3, 0.4) is 0 Å². The average molecular weight is 492 g/mol. The maximum Gasteiger partial charge on any atom is 0.227 e. The van der Waals surface area contributed by atoms with Gasteiger partial charge < -0.3 is 21.1 Å². The highest BCUT2D eigenvalue weighted by Gasteiger charge is 2.47. The lowest BCUT2D eigenvalue weighted by molar-refractivity contribution is 0.0974. The molecule has 2 fully saturated rings. The molecule has 3 aromatic heterocycles. The number of ether oxygens (including phenoxy) is 1. The van der Waals surface area contributed by atoms with Crippen LogP contribution >= 0.6 is 11.6 Å². The van der Waals surface area contributed by atoms with Gasteiger partial charge in [0.15, 0.2) is 10.8 Å². The molecule has 0 aliphatic carbocycles. The maximum absolute atomic E-state index is 13.6. The summed E-state index contributed by atoms with van der Waals surface area (Å²) in [6.07, 6.45) is 4.69. The molecule has 0 radical (unpaired) electrons. The first-order valence-corrected chi connectivity index (χ1v) is 12.6. The van der Waals surface area contributed by atoms with Gasteiger partial charge in [0.05, 0.1) is 29.5 Å². The van der Waals surface area contributed by atoms with Crippen molar-refractivity contribution >= 4 is 38.6 Å². The van der Waals surface area contributed by atoms with E-state index in [4.69, 9.17) is 32.8 Å². The van der Waals surface area contributed by atoms with Gasteiger partial charge in [0, 0.05) is 30.7 Å². The molecule has 0 bridgehead atoms. The van der Waals surface area contributed by atoms with Crippen molar-refractivity contribution in [2.45, 2.75) is 48.8 Å². The smallest absolute Gasteiger partial charge is 0.227 e. The second-order valence-corrected chi connectivity index (χ2v) is 11.1. The van der Waals surface area contributed by atoms with Crippen LogP contribution in [0, 0.1) is 12.3 Å². The third kappa shape index (κ3) is 3.37. The predicted octanol–water partition coefficient (Wildman–Crippen LogP) is 1.83. The number of fused-ring (bicyclic) bond motifs is 1. The van der Waals surface area contributed by atoms with E-state index in [-0.39, 0.29) is 38.3 Å². The van der Waals surface area contributed by atoms with Crippen LogP contribution in [-0.2, 0) is 14.6 Å². The van der Waals surface area contributed by atoms with E-state index in [0.717, 1.165) is 25.9 Å². The fourth-order valence-corrected chi connectivity index (χ4v) is 7.00. The molecule has 0 unspecified atom stereocenters. The highest BCUT2D eigenvalue weighted by atomic mass is 35.5. The Balaban J connectivity index is 1.54. The van der Waals surface area contributed by atoms with Crippen molar-refractivity contribution in [1.82, 2.24) is 19.6 Å². The van der Waals surface area contributed by atoms with E-state index in [1.54, 1.807) is 19.2 Å². The SMILES string of the molecule is Cc1nc(N2CCC3(CC2)CO[C@@H](C)[C@H]3N)c2ccnn2c1S(=O)(=O)c1ccnc(N)c1Cl. The average Bonchev–Trinajstić information content (AvgIpc) is 3.36. The highest BCUT2D eigenvalue weighted by Crippen LogP contribution is 2.42. The summed E-state index contributed by atoms with van der Waals surface area (Å²) in [5.41, 5.74) is 13.1. The summed E-state index contributed by atoms with van der Waals surface area (Å²) in [6, 6.07) is 3.10. The first-order chi connectivity index (χ1) is 15.7. The number of rotatable bonds is 3. The molecular formula is C21H26ClN7O3S. The summed E-state index contributed by atoms with van der Waals surface area (Å²) < 4.78 is 34.3. The standard InChI is InChI=1S/C21H26ClN7O3S/c1-12-20(33(30,31)15-4-7-25-18(24)16(15)22)29-14(3-8-26-29)19(27-12)28-9-5-21(6-10-28)11-32-13(2)17(21)23/h3-4,7-8,13,17H,5-6,9-11,23H2,1-2H3,(H2,24,25)/t13-,17+/m0/s1. The number of aromatic nitrogens is 4. The van der Waals surface area contributed by atoms with Crippen LogP contribution in [0.25, 0.3) is 5.52 Å². The van der Waals surface area contributed by atoms with E-state index in [0.29, 0.717) is 23.6 Å². The van der Waals surface area contributed by atoms with Crippen molar-refractivity contribution in [3.63, 3.8) is 0 Å². The molecule has 0 aromatic carbocycles. The van der Waals surface area contributed by atoms with Crippen molar-refractivity contribution in [3.8, 4) is 0 Å².